The molecule has 0 aliphatic carbocycles. The van der Waals surface area contributed by atoms with Crippen molar-refractivity contribution in [3.05, 3.63) is 58.8 Å². The van der Waals surface area contributed by atoms with Gasteiger partial charge >= 0.3 is 0 Å². The van der Waals surface area contributed by atoms with Gasteiger partial charge in [0.05, 0.1) is 12.1 Å². The molecule has 6 heteroatoms. The van der Waals surface area contributed by atoms with Crippen LogP contribution in [0, 0.1) is 5.82 Å². The van der Waals surface area contributed by atoms with Crippen molar-refractivity contribution in [3.63, 3.8) is 0 Å². The average molecular weight is 363 g/mol. The topological polar surface area (TPSA) is 49.4 Å². The Bertz CT molecular complexity index is 733. The van der Waals surface area contributed by atoms with Crippen molar-refractivity contribution in [2.75, 3.05) is 10.2 Å². The normalized spacial score (nSPS) is 17.9. The Labute approximate surface area is 135 Å². The minimum Gasteiger partial charge on any atom is -0.373 e. The van der Waals surface area contributed by atoms with Crippen LogP contribution in [0.25, 0.3) is 0 Å². The van der Waals surface area contributed by atoms with Crippen LogP contribution in [-0.4, -0.2) is 17.9 Å². The maximum absolute atomic E-state index is 12.9. The molecule has 4 nitrogen and oxygen atoms in total. The number of rotatable bonds is 3. The molecule has 1 aliphatic rings. The van der Waals surface area contributed by atoms with E-state index in [0.29, 0.717) is 15.8 Å². The molecule has 0 aromatic heterocycles. The molecule has 2 aromatic rings. The highest BCUT2D eigenvalue weighted by Crippen LogP contribution is 2.31. The van der Waals surface area contributed by atoms with E-state index < -0.39 is 6.04 Å². The molecule has 1 N–H and O–H groups in total. The zero-order valence-corrected chi connectivity index (χ0v) is 13.0. The zero-order chi connectivity index (χ0) is 15.7. The quantitative estimate of drug-likeness (QED) is 0.852. The predicted molar refractivity (Wildman–Crippen MR) is 85.1 cm³/mol. The molecule has 22 heavy (non-hydrogen) atoms. The van der Waals surface area contributed by atoms with Gasteiger partial charge in [-0.05, 0) is 52.3 Å². The lowest BCUT2D eigenvalue weighted by molar-refractivity contribution is -0.121. The number of hydrogen-bond donors (Lipinski definition) is 1. The molecule has 1 atom stereocenters. The number of nitrogens with zero attached hydrogens (tertiary/aromatic N) is 1. The fourth-order valence-electron chi connectivity index (χ4n) is 2.38. The van der Waals surface area contributed by atoms with Crippen LogP contribution < -0.4 is 10.2 Å². The number of nitrogens with one attached hydrogen (secondary N) is 1. The zero-order valence-electron chi connectivity index (χ0n) is 11.4. The van der Waals surface area contributed by atoms with Gasteiger partial charge in [0.1, 0.15) is 11.9 Å². The van der Waals surface area contributed by atoms with Gasteiger partial charge in [0.25, 0.3) is 5.91 Å². The lowest BCUT2D eigenvalue weighted by atomic mass is 10.2. The van der Waals surface area contributed by atoms with Crippen molar-refractivity contribution in [3.8, 4) is 0 Å². The van der Waals surface area contributed by atoms with Crippen molar-refractivity contribution in [2.45, 2.75) is 12.5 Å². The van der Waals surface area contributed by atoms with Crippen molar-refractivity contribution < 1.29 is 14.0 Å². The standard InChI is InChI=1S/C16H12BrFN2O2/c17-12-3-1-2-4-14(12)20-15(21)9-13(16(20)22)19-11-7-5-10(18)6-8-11/h1-8,13,19H,9H2/t13-/m1/s1. The smallest absolute Gasteiger partial charge is 0.256 e. The summed E-state index contributed by atoms with van der Waals surface area (Å²) in [6.45, 7) is 0. The predicted octanol–water partition coefficient (Wildman–Crippen LogP) is 3.33. The minimum absolute atomic E-state index is 0.0670. The summed E-state index contributed by atoms with van der Waals surface area (Å²) in [6, 6.07) is 12.1. The first-order chi connectivity index (χ1) is 10.6. The number of carbonyl (C=O) groups is 2. The summed E-state index contributed by atoms with van der Waals surface area (Å²) < 4.78 is 13.6. The lowest BCUT2D eigenvalue weighted by Gasteiger charge is -2.17. The first-order valence-electron chi connectivity index (χ1n) is 6.69. The van der Waals surface area contributed by atoms with Crippen molar-refractivity contribution in [1.82, 2.24) is 0 Å². The Morgan fingerprint density at radius 3 is 2.45 bits per heavy atom. The van der Waals surface area contributed by atoms with Gasteiger partial charge < -0.3 is 5.32 Å². The molecule has 0 bridgehead atoms. The summed E-state index contributed by atoms with van der Waals surface area (Å²) in [5.74, 6) is -0.938. The van der Waals surface area contributed by atoms with Gasteiger partial charge in [0.2, 0.25) is 5.91 Å². The molecule has 0 spiro atoms. The summed E-state index contributed by atoms with van der Waals surface area (Å²) >= 11 is 3.35. The molecule has 0 radical (unpaired) electrons. The second kappa shape index (κ2) is 5.88. The maximum Gasteiger partial charge on any atom is 0.256 e. The Morgan fingerprint density at radius 2 is 1.77 bits per heavy atom. The summed E-state index contributed by atoms with van der Waals surface area (Å²) in [7, 11) is 0. The van der Waals surface area contributed by atoms with Gasteiger partial charge in [-0.2, -0.15) is 0 Å². The van der Waals surface area contributed by atoms with E-state index in [1.54, 1.807) is 18.2 Å². The highest BCUT2D eigenvalue weighted by Gasteiger charge is 2.40. The van der Waals surface area contributed by atoms with Gasteiger partial charge in [-0.3, -0.25) is 9.59 Å². The van der Waals surface area contributed by atoms with E-state index in [1.807, 2.05) is 6.07 Å². The Kier molecular flexibility index (Phi) is 3.94. The Morgan fingerprint density at radius 1 is 1.09 bits per heavy atom. The molecular weight excluding hydrogens is 351 g/mol. The van der Waals surface area contributed by atoms with Crippen LogP contribution in [0.15, 0.2) is 53.0 Å². The monoisotopic (exact) mass is 362 g/mol. The molecular formula is C16H12BrFN2O2. The first-order valence-corrected chi connectivity index (χ1v) is 7.49. The molecule has 2 amide bonds. The van der Waals surface area contributed by atoms with Gasteiger partial charge in [-0.15, -0.1) is 0 Å². The second-order valence-corrected chi connectivity index (χ2v) is 5.78. The fourth-order valence-corrected chi connectivity index (χ4v) is 2.84. The summed E-state index contributed by atoms with van der Waals surface area (Å²) in [6.07, 6.45) is 0.0670. The molecule has 2 aromatic carbocycles. The van der Waals surface area contributed by atoms with Crippen LogP contribution in [0.1, 0.15) is 6.42 Å². The summed E-state index contributed by atoms with van der Waals surface area (Å²) in [5, 5.41) is 2.97. The van der Waals surface area contributed by atoms with E-state index in [9.17, 15) is 14.0 Å². The molecule has 1 heterocycles. The molecule has 1 aliphatic heterocycles. The number of hydrogen-bond acceptors (Lipinski definition) is 3. The lowest BCUT2D eigenvalue weighted by Crippen LogP contribution is -2.35. The molecule has 1 fully saturated rings. The van der Waals surface area contributed by atoms with Crippen LogP contribution in [0.5, 0.6) is 0 Å². The number of anilines is 2. The molecule has 3 rings (SSSR count). The Balaban J connectivity index is 1.82. The van der Waals surface area contributed by atoms with Gasteiger partial charge in [-0.25, -0.2) is 9.29 Å². The third kappa shape index (κ3) is 2.74. The van der Waals surface area contributed by atoms with Crippen LogP contribution in [0.3, 0.4) is 0 Å². The number of halogens is 2. The third-order valence-corrected chi connectivity index (χ3v) is 4.10. The maximum atomic E-state index is 12.9. The van der Waals surface area contributed by atoms with E-state index in [2.05, 4.69) is 21.2 Å². The summed E-state index contributed by atoms with van der Waals surface area (Å²) in [5.41, 5.74) is 1.13. The van der Waals surface area contributed by atoms with E-state index in [0.717, 1.165) is 0 Å². The molecule has 1 saturated heterocycles. The highest BCUT2D eigenvalue weighted by molar-refractivity contribution is 9.10. The van der Waals surface area contributed by atoms with Crippen molar-refractivity contribution >= 4 is 39.1 Å². The largest absolute Gasteiger partial charge is 0.373 e. The third-order valence-electron chi connectivity index (χ3n) is 3.43. The number of carbonyl (C=O) groups excluding carboxylic acids is 2. The minimum atomic E-state index is -0.648. The van der Waals surface area contributed by atoms with Gasteiger partial charge in [0, 0.05) is 10.2 Å². The van der Waals surface area contributed by atoms with E-state index in [1.165, 1.54) is 29.2 Å². The Hall–Kier alpha value is -2.21. The SMILES string of the molecule is O=C1C[C@@H](Nc2ccc(F)cc2)C(=O)N1c1ccccc1Br. The van der Waals surface area contributed by atoms with Gasteiger partial charge in [0.15, 0.2) is 0 Å². The van der Waals surface area contributed by atoms with Crippen LogP contribution in [0.4, 0.5) is 15.8 Å². The first kappa shape index (κ1) is 14.7. The molecule has 0 saturated carbocycles. The average Bonchev–Trinajstić information content (AvgIpc) is 2.77. The summed E-state index contributed by atoms with van der Waals surface area (Å²) in [4.78, 5) is 25.8. The highest BCUT2D eigenvalue weighted by atomic mass is 79.9. The van der Waals surface area contributed by atoms with E-state index in [4.69, 9.17) is 0 Å². The van der Waals surface area contributed by atoms with Gasteiger partial charge in [-0.1, -0.05) is 12.1 Å². The van der Waals surface area contributed by atoms with Crippen LogP contribution in [0.2, 0.25) is 0 Å². The van der Waals surface area contributed by atoms with Crippen molar-refractivity contribution in [1.29, 1.82) is 0 Å². The number of benzene rings is 2. The molecule has 0 unspecified atom stereocenters. The van der Waals surface area contributed by atoms with Crippen LogP contribution >= 0.6 is 15.9 Å². The fraction of sp³-hybridized carbons (Fsp3) is 0.125. The number of para-hydroxylation sites is 1. The van der Waals surface area contributed by atoms with Crippen LogP contribution in [-0.2, 0) is 9.59 Å². The molecule has 112 valence electrons. The second-order valence-electron chi connectivity index (χ2n) is 4.93. The number of amides is 2. The van der Waals surface area contributed by atoms with E-state index >= 15 is 0 Å². The number of imide groups is 1. The van der Waals surface area contributed by atoms with E-state index in [-0.39, 0.29) is 24.1 Å². The van der Waals surface area contributed by atoms with Crippen molar-refractivity contribution in [2.24, 2.45) is 0 Å².